The van der Waals surface area contributed by atoms with Crippen LogP contribution in [0.1, 0.15) is 41.4 Å². The minimum Gasteiger partial charge on any atom is -0.496 e. The quantitative estimate of drug-likeness (QED) is 0.354. The number of allylic oxidation sites excluding steroid dienone is 3. The van der Waals surface area contributed by atoms with Crippen LogP contribution in [0.5, 0.6) is 5.75 Å². The van der Waals surface area contributed by atoms with Crippen molar-refractivity contribution in [3.63, 3.8) is 0 Å². The van der Waals surface area contributed by atoms with E-state index in [0.717, 1.165) is 22.2 Å². The average molecular weight is 504 g/mol. The van der Waals surface area contributed by atoms with E-state index in [4.69, 9.17) is 4.74 Å². The van der Waals surface area contributed by atoms with Gasteiger partial charge in [0, 0.05) is 41.4 Å². The number of fused-ring (bicyclic) bond motifs is 1. The Morgan fingerprint density at radius 3 is 2.92 bits per heavy atom. The molecule has 1 fully saturated rings. The molecule has 0 aliphatic carbocycles. The number of benzene rings is 2. The summed E-state index contributed by atoms with van der Waals surface area (Å²) in [5, 5.41) is 11.0. The van der Waals surface area contributed by atoms with Gasteiger partial charge < -0.3 is 15.0 Å². The number of amides is 2. The number of nitrogens with zero attached hydrogens (tertiary/aromatic N) is 3. The van der Waals surface area contributed by atoms with Crippen LogP contribution in [0.2, 0.25) is 0 Å². The smallest absolute Gasteiger partial charge is 0.251 e. The van der Waals surface area contributed by atoms with Gasteiger partial charge in [0.2, 0.25) is 5.91 Å². The van der Waals surface area contributed by atoms with Gasteiger partial charge in [-0.3, -0.25) is 19.7 Å². The zero-order chi connectivity index (χ0) is 26.5. The van der Waals surface area contributed by atoms with Crippen LogP contribution in [0.3, 0.4) is 0 Å². The maximum absolute atomic E-state index is 14.4. The summed E-state index contributed by atoms with van der Waals surface area (Å²) in [4.78, 5) is 32.1. The van der Waals surface area contributed by atoms with E-state index in [1.165, 1.54) is 13.2 Å². The normalized spacial score (nSPS) is 16.7. The van der Waals surface area contributed by atoms with Gasteiger partial charge >= 0.3 is 0 Å². The van der Waals surface area contributed by atoms with E-state index in [0.29, 0.717) is 42.0 Å². The summed E-state index contributed by atoms with van der Waals surface area (Å²) in [7, 11) is 3.17. The predicted octanol–water partition coefficient (Wildman–Crippen LogP) is 4.29. The van der Waals surface area contributed by atoms with Gasteiger partial charge in [-0.2, -0.15) is 5.10 Å². The van der Waals surface area contributed by atoms with Gasteiger partial charge in [-0.25, -0.2) is 4.39 Å². The Balaban J connectivity index is 1.54. The van der Waals surface area contributed by atoms with Crippen LogP contribution >= 0.6 is 0 Å². The second-order valence-corrected chi connectivity index (χ2v) is 8.85. The van der Waals surface area contributed by atoms with Crippen molar-refractivity contribution in [3.8, 4) is 5.75 Å². The van der Waals surface area contributed by atoms with Gasteiger partial charge in [-0.05, 0) is 56.2 Å². The highest BCUT2D eigenvalue weighted by atomic mass is 19.1. The molecule has 1 atom stereocenters. The number of hydrogen-bond donors (Lipinski definition) is 2. The van der Waals surface area contributed by atoms with E-state index in [-0.39, 0.29) is 18.4 Å². The van der Waals surface area contributed by atoms with Crippen LogP contribution in [0.4, 0.5) is 4.39 Å². The number of aromatic nitrogens is 2. The second kappa shape index (κ2) is 11.2. The van der Waals surface area contributed by atoms with Crippen molar-refractivity contribution in [2.75, 3.05) is 20.7 Å². The lowest BCUT2D eigenvalue weighted by Crippen LogP contribution is -2.52. The van der Waals surface area contributed by atoms with Crippen molar-refractivity contribution in [1.29, 1.82) is 0 Å². The molecule has 192 valence electrons. The molecule has 2 N–H and O–H groups in total. The third-order valence-corrected chi connectivity index (χ3v) is 6.52. The first-order chi connectivity index (χ1) is 17.9. The second-order valence-electron chi connectivity index (χ2n) is 8.85. The molecule has 8 nitrogen and oxygen atoms in total. The highest BCUT2D eigenvalue weighted by Gasteiger charge is 2.31. The molecule has 0 bridgehead atoms. The molecule has 0 spiro atoms. The highest BCUT2D eigenvalue weighted by Crippen LogP contribution is 2.27. The number of carbonyl (C=O) groups excluding carboxylic acids is 2. The third kappa shape index (κ3) is 5.45. The number of rotatable bonds is 8. The standard InChI is InChI=1S/C28H30FN5O3/c1-5-18(14-17(2)30-3)26-20-15-19(11-12-23(20)32-33-26)27(35)31-24-9-7-13-34(28(24)36)16-21-22(29)8-6-10-25(21)37-4/h5-6,8,10-12,14-15,24H,1,7,9,13,16H2,2-4H3,(H,31,35)(H,32,33)/b18-14+,30-17?. The summed E-state index contributed by atoms with van der Waals surface area (Å²) in [5.41, 5.74) is 3.73. The molecular formula is C28H30FN5O3. The van der Waals surface area contributed by atoms with Crippen LogP contribution in [0.15, 0.2) is 60.1 Å². The van der Waals surface area contributed by atoms with Crippen molar-refractivity contribution < 1.29 is 18.7 Å². The summed E-state index contributed by atoms with van der Waals surface area (Å²) >= 11 is 0. The van der Waals surface area contributed by atoms with Crippen molar-refractivity contribution in [3.05, 3.63) is 77.8 Å². The van der Waals surface area contributed by atoms with Crippen molar-refractivity contribution >= 4 is 34.0 Å². The molecule has 2 heterocycles. The summed E-state index contributed by atoms with van der Waals surface area (Å²) in [6.45, 7) is 6.30. The Morgan fingerprint density at radius 2 is 2.19 bits per heavy atom. The predicted molar refractivity (Wildman–Crippen MR) is 142 cm³/mol. The number of hydrogen-bond acceptors (Lipinski definition) is 5. The molecule has 1 aliphatic heterocycles. The fourth-order valence-electron chi connectivity index (χ4n) is 4.44. The average Bonchev–Trinajstić information content (AvgIpc) is 3.33. The van der Waals surface area contributed by atoms with Gasteiger partial charge in [-0.15, -0.1) is 0 Å². The first kappa shape index (κ1) is 25.8. The Kier molecular flexibility index (Phi) is 7.81. The molecule has 3 aromatic rings. The molecular weight excluding hydrogens is 473 g/mol. The lowest BCUT2D eigenvalue weighted by atomic mass is 10.0. The lowest BCUT2D eigenvalue weighted by Gasteiger charge is -2.33. The van der Waals surface area contributed by atoms with E-state index in [2.05, 4.69) is 27.1 Å². The summed E-state index contributed by atoms with van der Waals surface area (Å²) in [5.74, 6) is -0.665. The van der Waals surface area contributed by atoms with E-state index >= 15 is 0 Å². The zero-order valence-corrected chi connectivity index (χ0v) is 21.2. The minimum absolute atomic E-state index is 0.0720. The Hall–Kier alpha value is -4.27. The van der Waals surface area contributed by atoms with Crippen LogP contribution < -0.4 is 10.1 Å². The molecule has 0 radical (unpaired) electrons. The molecule has 4 rings (SSSR count). The van der Waals surface area contributed by atoms with Crippen molar-refractivity contribution in [2.45, 2.75) is 32.4 Å². The lowest BCUT2D eigenvalue weighted by molar-refractivity contribution is -0.136. The van der Waals surface area contributed by atoms with Gasteiger partial charge in [0.25, 0.3) is 5.91 Å². The summed E-state index contributed by atoms with van der Waals surface area (Å²) in [6, 6.07) is 9.07. The number of ether oxygens (including phenoxy) is 1. The van der Waals surface area contributed by atoms with Gasteiger partial charge in [-0.1, -0.05) is 18.7 Å². The Labute approximate surface area is 214 Å². The number of carbonyl (C=O) groups is 2. The van der Waals surface area contributed by atoms with Gasteiger partial charge in [0.15, 0.2) is 0 Å². The topological polar surface area (TPSA) is 99.7 Å². The Bertz CT molecular complexity index is 1410. The third-order valence-electron chi connectivity index (χ3n) is 6.52. The molecule has 1 saturated heterocycles. The maximum Gasteiger partial charge on any atom is 0.251 e. The van der Waals surface area contributed by atoms with Crippen molar-refractivity contribution in [2.24, 2.45) is 4.99 Å². The van der Waals surface area contributed by atoms with Crippen LogP contribution in [-0.4, -0.2) is 59.4 Å². The largest absolute Gasteiger partial charge is 0.496 e. The van der Waals surface area contributed by atoms with E-state index in [1.54, 1.807) is 48.4 Å². The number of aromatic amines is 1. The molecule has 1 unspecified atom stereocenters. The number of H-pyrrole nitrogens is 1. The van der Waals surface area contributed by atoms with Crippen LogP contribution in [0.25, 0.3) is 16.5 Å². The number of likely N-dealkylation sites (tertiary alicyclic amines) is 1. The zero-order valence-electron chi connectivity index (χ0n) is 21.2. The van der Waals surface area contributed by atoms with E-state index < -0.39 is 11.9 Å². The first-order valence-electron chi connectivity index (χ1n) is 12.0. The first-order valence-corrected chi connectivity index (χ1v) is 12.0. The Morgan fingerprint density at radius 1 is 1.38 bits per heavy atom. The fraction of sp³-hybridized carbons (Fsp3) is 0.286. The number of methoxy groups -OCH3 is 1. The number of nitrogens with one attached hydrogen (secondary N) is 2. The highest BCUT2D eigenvalue weighted by molar-refractivity contribution is 6.06. The summed E-state index contributed by atoms with van der Waals surface area (Å²) in [6.07, 6.45) is 4.75. The van der Waals surface area contributed by atoms with Gasteiger partial charge in [0.05, 0.1) is 24.9 Å². The van der Waals surface area contributed by atoms with Crippen LogP contribution in [0, 0.1) is 5.82 Å². The maximum atomic E-state index is 14.4. The van der Waals surface area contributed by atoms with E-state index in [1.807, 2.05) is 13.0 Å². The number of piperidine rings is 1. The fourth-order valence-corrected chi connectivity index (χ4v) is 4.44. The SMILES string of the molecule is C=C/C(=C\C(C)=NC)c1n[nH]c2ccc(C(=O)NC3CCCN(Cc4c(F)cccc4OC)C3=O)cc12. The van der Waals surface area contributed by atoms with Gasteiger partial charge in [0.1, 0.15) is 17.6 Å². The molecule has 1 aromatic heterocycles. The number of aliphatic imine (C=N–C) groups is 1. The molecule has 0 saturated carbocycles. The molecule has 2 aromatic carbocycles. The number of halogens is 1. The molecule has 2 amide bonds. The molecule has 1 aliphatic rings. The molecule has 37 heavy (non-hydrogen) atoms. The minimum atomic E-state index is -0.703. The monoisotopic (exact) mass is 503 g/mol. The van der Waals surface area contributed by atoms with Crippen molar-refractivity contribution in [1.82, 2.24) is 20.4 Å². The molecule has 9 heteroatoms. The summed E-state index contributed by atoms with van der Waals surface area (Å²) < 4.78 is 19.7. The van der Waals surface area contributed by atoms with E-state index in [9.17, 15) is 14.0 Å². The van der Waals surface area contributed by atoms with Crippen LogP contribution in [-0.2, 0) is 11.3 Å².